The van der Waals surface area contributed by atoms with Gasteiger partial charge in [0, 0.05) is 30.1 Å². The molecule has 2 amide bonds. The lowest BCUT2D eigenvalue weighted by Gasteiger charge is -2.31. The molecular formula is C16H20N2O5S. The van der Waals surface area contributed by atoms with Crippen molar-refractivity contribution in [1.29, 1.82) is 0 Å². The van der Waals surface area contributed by atoms with E-state index in [4.69, 9.17) is 9.47 Å². The van der Waals surface area contributed by atoms with Gasteiger partial charge in [-0.15, -0.1) is 11.8 Å². The second-order valence-electron chi connectivity index (χ2n) is 5.06. The molecule has 1 fully saturated rings. The number of nitrogens with zero attached hydrogens (tertiary/aromatic N) is 1. The summed E-state index contributed by atoms with van der Waals surface area (Å²) in [4.78, 5) is 37.2. The molecule has 1 aromatic rings. The molecule has 0 spiro atoms. The zero-order valence-corrected chi connectivity index (χ0v) is 14.4. The van der Waals surface area contributed by atoms with Crippen LogP contribution in [-0.2, 0) is 14.3 Å². The Hall–Kier alpha value is -2.22. The smallest absolute Gasteiger partial charge is 0.411 e. The molecular weight excluding hydrogens is 332 g/mol. The van der Waals surface area contributed by atoms with Crippen molar-refractivity contribution in [3.05, 3.63) is 29.8 Å². The summed E-state index contributed by atoms with van der Waals surface area (Å²) in [5.74, 6) is 0.229. The number of ether oxygens (including phenoxy) is 2. The fourth-order valence-electron chi connectivity index (χ4n) is 2.27. The summed E-state index contributed by atoms with van der Waals surface area (Å²) in [6, 6.07) is 6.55. The third-order valence-corrected chi connectivity index (χ3v) is 4.63. The number of thioether (sulfide) groups is 1. The van der Waals surface area contributed by atoms with Crippen LogP contribution in [0.25, 0.3) is 0 Å². The van der Waals surface area contributed by atoms with Crippen molar-refractivity contribution < 1.29 is 23.9 Å². The molecule has 24 heavy (non-hydrogen) atoms. The maximum atomic E-state index is 12.5. The quantitative estimate of drug-likeness (QED) is 0.834. The maximum absolute atomic E-state index is 12.5. The van der Waals surface area contributed by atoms with Crippen molar-refractivity contribution in [2.45, 2.75) is 12.2 Å². The largest absolute Gasteiger partial charge is 0.468 e. The number of amides is 2. The second kappa shape index (κ2) is 8.58. The van der Waals surface area contributed by atoms with Gasteiger partial charge in [-0.2, -0.15) is 0 Å². The van der Waals surface area contributed by atoms with E-state index >= 15 is 0 Å². The van der Waals surface area contributed by atoms with Crippen molar-refractivity contribution in [2.24, 2.45) is 0 Å². The molecule has 0 bridgehead atoms. The Balaban J connectivity index is 1.99. The Morgan fingerprint density at radius 3 is 2.62 bits per heavy atom. The lowest BCUT2D eigenvalue weighted by Crippen LogP contribution is -2.44. The Labute approximate surface area is 144 Å². The summed E-state index contributed by atoms with van der Waals surface area (Å²) >= 11 is 1.50. The topological polar surface area (TPSA) is 84.9 Å². The van der Waals surface area contributed by atoms with Crippen LogP contribution in [0.4, 0.5) is 10.5 Å². The number of carbonyl (C=O) groups is 3. The van der Waals surface area contributed by atoms with E-state index in [-0.39, 0.29) is 23.7 Å². The summed E-state index contributed by atoms with van der Waals surface area (Å²) in [6.45, 7) is 2.93. The number of nitrogens with one attached hydrogen (secondary N) is 1. The first-order valence-corrected chi connectivity index (χ1v) is 8.62. The van der Waals surface area contributed by atoms with E-state index in [2.05, 4.69) is 5.32 Å². The van der Waals surface area contributed by atoms with Crippen LogP contribution >= 0.6 is 11.8 Å². The van der Waals surface area contributed by atoms with Gasteiger partial charge in [-0.3, -0.25) is 14.9 Å². The van der Waals surface area contributed by atoms with Gasteiger partial charge in [0.15, 0.2) is 0 Å². The number of esters is 1. The molecule has 1 atom stereocenters. The molecule has 1 N–H and O–H groups in total. The number of hydrogen-bond donors (Lipinski definition) is 1. The van der Waals surface area contributed by atoms with E-state index in [0.29, 0.717) is 30.1 Å². The molecule has 7 nitrogen and oxygen atoms in total. The first-order chi connectivity index (χ1) is 11.5. The zero-order chi connectivity index (χ0) is 17.5. The van der Waals surface area contributed by atoms with E-state index < -0.39 is 6.09 Å². The summed E-state index contributed by atoms with van der Waals surface area (Å²) in [5, 5.41) is 2.22. The number of benzene rings is 1. The predicted octanol–water partition coefficient (Wildman–Crippen LogP) is 1.99. The summed E-state index contributed by atoms with van der Waals surface area (Å²) in [6.07, 6.45) is -0.537. The minimum absolute atomic E-state index is 0.146. The fourth-order valence-corrected chi connectivity index (χ4v) is 3.40. The second-order valence-corrected chi connectivity index (χ2v) is 6.37. The van der Waals surface area contributed by atoms with Crippen LogP contribution in [0, 0.1) is 0 Å². The molecule has 1 heterocycles. The summed E-state index contributed by atoms with van der Waals surface area (Å²) in [7, 11) is 1.35. The normalized spacial score (nSPS) is 17.1. The van der Waals surface area contributed by atoms with Gasteiger partial charge in [0.05, 0.1) is 13.7 Å². The molecule has 0 radical (unpaired) electrons. The fraction of sp³-hybridized carbons (Fsp3) is 0.438. The SMILES string of the molecule is CCOC(=O)Nc1ccc(C(=O)N2CCS[C@H](C(=O)OC)C2)cc1. The number of methoxy groups -OCH3 is 1. The molecule has 1 saturated heterocycles. The first-order valence-electron chi connectivity index (χ1n) is 7.57. The van der Waals surface area contributed by atoms with Crippen molar-refractivity contribution in [3.63, 3.8) is 0 Å². The van der Waals surface area contributed by atoms with Crippen LogP contribution in [0.15, 0.2) is 24.3 Å². The Morgan fingerprint density at radius 2 is 2.00 bits per heavy atom. The predicted molar refractivity (Wildman–Crippen MR) is 91.3 cm³/mol. The van der Waals surface area contributed by atoms with Crippen molar-refractivity contribution in [2.75, 3.05) is 37.9 Å². The lowest BCUT2D eigenvalue weighted by molar-refractivity contribution is -0.140. The first kappa shape index (κ1) is 18.1. The van der Waals surface area contributed by atoms with E-state index in [1.54, 1.807) is 36.1 Å². The maximum Gasteiger partial charge on any atom is 0.411 e. The Morgan fingerprint density at radius 1 is 1.29 bits per heavy atom. The molecule has 1 aliphatic heterocycles. The zero-order valence-electron chi connectivity index (χ0n) is 13.6. The van der Waals surface area contributed by atoms with Crippen molar-refractivity contribution in [3.8, 4) is 0 Å². The molecule has 130 valence electrons. The van der Waals surface area contributed by atoms with Crippen molar-refractivity contribution in [1.82, 2.24) is 4.90 Å². The van der Waals surface area contributed by atoms with Gasteiger partial charge in [-0.05, 0) is 31.2 Å². The summed E-state index contributed by atoms with van der Waals surface area (Å²) in [5.41, 5.74) is 1.05. The monoisotopic (exact) mass is 352 g/mol. The minimum Gasteiger partial charge on any atom is -0.468 e. The van der Waals surface area contributed by atoms with Gasteiger partial charge in [0.2, 0.25) is 0 Å². The highest BCUT2D eigenvalue weighted by Crippen LogP contribution is 2.22. The summed E-state index contributed by atoms with van der Waals surface area (Å²) < 4.78 is 9.54. The molecule has 8 heteroatoms. The minimum atomic E-state index is -0.537. The third kappa shape index (κ3) is 4.64. The van der Waals surface area contributed by atoms with Crippen LogP contribution in [0.3, 0.4) is 0 Å². The van der Waals surface area contributed by atoms with E-state index in [9.17, 15) is 14.4 Å². The average Bonchev–Trinajstić information content (AvgIpc) is 2.61. The molecule has 0 aromatic heterocycles. The van der Waals surface area contributed by atoms with Crippen LogP contribution in [0.1, 0.15) is 17.3 Å². The highest BCUT2D eigenvalue weighted by atomic mass is 32.2. The highest BCUT2D eigenvalue weighted by molar-refractivity contribution is 8.00. The van der Waals surface area contributed by atoms with Crippen LogP contribution in [0.2, 0.25) is 0 Å². The van der Waals surface area contributed by atoms with Gasteiger partial charge in [0.1, 0.15) is 5.25 Å². The standard InChI is InChI=1S/C16H20N2O5S/c1-3-23-16(21)17-12-6-4-11(5-7-12)14(19)18-8-9-24-13(10-18)15(20)22-2/h4-7,13H,3,8-10H2,1-2H3,(H,17,21)/t13-/m0/s1. The Bertz CT molecular complexity index is 605. The van der Waals surface area contributed by atoms with Crippen LogP contribution < -0.4 is 5.32 Å². The molecule has 1 aliphatic rings. The lowest BCUT2D eigenvalue weighted by atomic mass is 10.1. The number of anilines is 1. The average molecular weight is 352 g/mol. The van der Waals surface area contributed by atoms with Gasteiger partial charge in [-0.25, -0.2) is 4.79 Å². The van der Waals surface area contributed by atoms with Crippen LogP contribution in [-0.4, -0.2) is 60.7 Å². The molecule has 0 unspecified atom stereocenters. The van der Waals surface area contributed by atoms with Crippen molar-refractivity contribution >= 4 is 35.4 Å². The molecule has 0 saturated carbocycles. The molecule has 0 aliphatic carbocycles. The van der Waals surface area contributed by atoms with E-state index in [1.807, 2.05) is 0 Å². The van der Waals surface area contributed by atoms with Gasteiger partial charge >= 0.3 is 12.1 Å². The number of carbonyl (C=O) groups excluding carboxylic acids is 3. The van der Waals surface area contributed by atoms with Gasteiger partial charge in [0.25, 0.3) is 5.91 Å². The Kier molecular flexibility index (Phi) is 6.48. The molecule has 1 aromatic carbocycles. The third-order valence-electron chi connectivity index (χ3n) is 3.47. The van der Waals surface area contributed by atoms with E-state index in [1.165, 1.54) is 18.9 Å². The van der Waals surface area contributed by atoms with Gasteiger partial charge in [-0.1, -0.05) is 0 Å². The number of hydrogen-bond acceptors (Lipinski definition) is 6. The highest BCUT2D eigenvalue weighted by Gasteiger charge is 2.30. The van der Waals surface area contributed by atoms with E-state index in [0.717, 1.165) is 0 Å². The number of rotatable bonds is 4. The van der Waals surface area contributed by atoms with Gasteiger partial charge < -0.3 is 14.4 Å². The molecule has 2 rings (SSSR count). The van der Waals surface area contributed by atoms with Crippen LogP contribution in [0.5, 0.6) is 0 Å².